The average molecular weight is 760 g/mol. The van der Waals surface area contributed by atoms with Crippen LogP contribution in [0.3, 0.4) is 0 Å². The Hall–Kier alpha value is -7.41. The molecule has 11 aromatic rings. The number of thiophene rings is 1. The minimum absolute atomic E-state index is 0.311. The first-order valence-corrected chi connectivity index (χ1v) is 20.4. The molecular formula is C52H33N5S. The van der Waals surface area contributed by atoms with Crippen LogP contribution < -0.4 is 5.32 Å². The fraction of sp³-hybridized carbons (Fsp3) is 0.0192. The Morgan fingerprint density at radius 2 is 1.17 bits per heavy atom. The molecule has 1 aliphatic rings. The van der Waals surface area contributed by atoms with Crippen molar-refractivity contribution in [1.82, 2.24) is 14.9 Å². The number of aliphatic imine (C=N–C) groups is 2. The van der Waals surface area contributed by atoms with Crippen molar-refractivity contribution in [1.29, 1.82) is 0 Å². The summed E-state index contributed by atoms with van der Waals surface area (Å²) in [4.78, 5) is 15.9. The molecule has 0 saturated carbocycles. The molecule has 58 heavy (non-hydrogen) atoms. The molecular weight excluding hydrogens is 727 g/mol. The zero-order valence-corrected chi connectivity index (χ0v) is 32.0. The number of fused-ring (bicyclic) bond motifs is 9. The van der Waals surface area contributed by atoms with Gasteiger partial charge in [-0.15, -0.1) is 11.3 Å². The number of para-hydroxylation sites is 3. The van der Waals surface area contributed by atoms with Crippen LogP contribution in [0.5, 0.6) is 0 Å². The van der Waals surface area contributed by atoms with E-state index in [1.54, 1.807) is 0 Å². The van der Waals surface area contributed by atoms with Gasteiger partial charge in [0.2, 0.25) is 0 Å². The Morgan fingerprint density at radius 1 is 0.517 bits per heavy atom. The smallest absolute Gasteiger partial charge is 0.159 e. The molecule has 6 heteroatoms. The second-order valence-electron chi connectivity index (χ2n) is 14.8. The Bertz CT molecular complexity index is 3430. The lowest BCUT2D eigenvalue weighted by Crippen LogP contribution is -2.33. The quantitative estimate of drug-likeness (QED) is 0.190. The van der Waals surface area contributed by atoms with Gasteiger partial charge in [0.1, 0.15) is 12.0 Å². The van der Waals surface area contributed by atoms with Crippen LogP contribution in [0, 0.1) is 0 Å². The molecule has 1 aliphatic heterocycles. The highest BCUT2D eigenvalue weighted by molar-refractivity contribution is 7.26. The number of hydrogen-bond donors (Lipinski definition) is 1. The number of aromatic nitrogens is 2. The fourth-order valence-corrected chi connectivity index (χ4v) is 9.87. The highest BCUT2D eigenvalue weighted by atomic mass is 32.1. The van der Waals surface area contributed by atoms with E-state index in [0.717, 1.165) is 61.1 Å². The molecule has 0 spiro atoms. The van der Waals surface area contributed by atoms with E-state index < -0.39 is 0 Å². The third-order valence-electron chi connectivity index (χ3n) is 11.4. The van der Waals surface area contributed by atoms with E-state index in [1.165, 1.54) is 42.0 Å². The first-order chi connectivity index (χ1) is 28.7. The summed E-state index contributed by atoms with van der Waals surface area (Å²) in [7, 11) is 0. The van der Waals surface area contributed by atoms with Gasteiger partial charge in [0, 0.05) is 58.7 Å². The minimum Gasteiger partial charge on any atom is -0.344 e. The summed E-state index contributed by atoms with van der Waals surface area (Å²) in [5.41, 5.74) is 9.60. The van der Waals surface area contributed by atoms with Crippen LogP contribution in [0.1, 0.15) is 22.9 Å². The van der Waals surface area contributed by atoms with Crippen molar-refractivity contribution in [2.75, 3.05) is 0 Å². The number of pyridine rings is 1. The molecule has 1 unspecified atom stereocenters. The number of nitrogens with one attached hydrogen (secondary N) is 1. The van der Waals surface area contributed by atoms with Crippen molar-refractivity contribution < 1.29 is 0 Å². The summed E-state index contributed by atoms with van der Waals surface area (Å²) in [5, 5.41) is 12.1. The van der Waals surface area contributed by atoms with Gasteiger partial charge in [-0.1, -0.05) is 121 Å². The van der Waals surface area contributed by atoms with Gasteiger partial charge in [-0.3, -0.25) is 0 Å². The molecule has 1 atom stereocenters. The van der Waals surface area contributed by atoms with Crippen LogP contribution in [0.15, 0.2) is 198 Å². The highest BCUT2D eigenvalue weighted by Crippen LogP contribution is 2.44. The lowest BCUT2D eigenvalue weighted by atomic mass is 9.99. The van der Waals surface area contributed by atoms with E-state index in [9.17, 15) is 0 Å². The standard InChI is InChI=1S/C52H33N5S/c1-2-13-33(14-3-1)50-54-51(34-24-27-38(28-25-34)57-44-20-10-7-16-39(44)40-17-8-11-21-45(40)57)56-52(55-50)37-26-29-46-42(31-37)47-48(36-23-22-32-12-4-5-15-35(32)30-36)53-43-19-9-6-18-41(43)49(47)58-46/h1-31,50H,(H,54,55,56). The largest absolute Gasteiger partial charge is 0.344 e. The number of rotatable bonds is 5. The Labute approximate surface area is 337 Å². The molecule has 3 aromatic heterocycles. The predicted molar refractivity (Wildman–Crippen MR) is 244 cm³/mol. The van der Waals surface area contributed by atoms with Gasteiger partial charge < -0.3 is 9.88 Å². The van der Waals surface area contributed by atoms with Gasteiger partial charge in [-0.05, 0) is 83.1 Å². The Kier molecular flexibility index (Phi) is 7.40. The topological polar surface area (TPSA) is 54.6 Å². The van der Waals surface area contributed by atoms with Crippen molar-refractivity contribution in [3.8, 4) is 16.9 Å². The second-order valence-corrected chi connectivity index (χ2v) is 15.9. The molecule has 12 rings (SSSR count). The van der Waals surface area contributed by atoms with E-state index >= 15 is 0 Å². The molecule has 0 aliphatic carbocycles. The highest BCUT2D eigenvalue weighted by Gasteiger charge is 2.23. The molecule has 5 nitrogen and oxygen atoms in total. The summed E-state index contributed by atoms with van der Waals surface area (Å²) in [6, 6.07) is 66.7. The normalized spacial score (nSPS) is 14.4. The molecule has 272 valence electrons. The van der Waals surface area contributed by atoms with Crippen LogP contribution in [0.25, 0.3) is 80.6 Å². The van der Waals surface area contributed by atoms with E-state index in [0.29, 0.717) is 5.84 Å². The van der Waals surface area contributed by atoms with Crippen molar-refractivity contribution in [2.45, 2.75) is 6.17 Å². The molecule has 8 aromatic carbocycles. The van der Waals surface area contributed by atoms with Crippen molar-refractivity contribution in [3.63, 3.8) is 0 Å². The summed E-state index contributed by atoms with van der Waals surface area (Å²) in [5.74, 6) is 1.48. The molecule has 0 amide bonds. The Balaban J connectivity index is 1.01. The van der Waals surface area contributed by atoms with Gasteiger partial charge >= 0.3 is 0 Å². The van der Waals surface area contributed by atoms with Crippen LogP contribution in [-0.4, -0.2) is 21.2 Å². The lowest BCUT2D eigenvalue weighted by Gasteiger charge is -2.24. The number of amidine groups is 2. The molecule has 4 heterocycles. The maximum atomic E-state index is 5.34. The van der Waals surface area contributed by atoms with Crippen LogP contribution in [-0.2, 0) is 0 Å². The SMILES string of the molecule is c1ccc(C2N=C(c3ccc4sc5c6ccccc6nc(-c6ccc7ccccc7c6)c5c4c3)N=C(c3ccc(-n4c5ccccc5c5ccccc54)cc3)N2)cc1. The van der Waals surface area contributed by atoms with Gasteiger partial charge in [-0.25, -0.2) is 15.0 Å². The molecule has 0 fully saturated rings. The monoisotopic (exact) mass is 759 g/mol. The van der Waals surface area contributed by atoms with E-state index in [1.807, 2.05) is 17.4 Å². The second kappa shape index (κ2) is 13.1. The number of hydrogen-bond acceptors (Lipinski definition) is 5. The van der Waals surface area contributed by atoms with Gasteiger partial charge in [0.05, 0.1) is 22.2 Å². The lowest BCUT2D eigenvalue weighted by molar-refractivity contribution is 0.674. The van der Waals surface area contributed by atoms with Gasteiger partial charge in [-0.2, -0.15) is 0 Å². The zero-order valence-electron chi connectivity index (χ0n) is 31.2. The summed E-state index contributed by atoms with van der Waals surface area (Å²) in [6.07, 6.45) is -0.311. The number of nitrogens with zero attached hydrogens (tertiary/aromatic N) is 4. The molecule has 0 radical (unpaired) electrons. The van der Waals surface area contributed by atoms with E-state index in [4.69, 9.17) is 15.0 Å². The average Bonchev–Trinajstić information content (AvgIpc) is 3.85. The van der Waals surface area contributed by atoms with Crippen LogP contribution >= 0.6 is 11.3 Å². The zero-order chi connectivity index (χ0) is 38.2. The molecule has 1 N–H and O–H groups in total. The number of benzene rings is 8. The first-order valence-electron chi connectivity index (χ1n) is 19.6. The minimum atomic E-state index is -0.311. The maximum Gasteiger partial charge on any atom is 0.159 e. The van der Waals surface area contributed by atoms with Crippen LogP contribution in [0.4, 0.5) is 0 Å². The molecule has 0 saturated heterocycles. The van der Waals surface area contributed by atoms with E-state index in [-0.39, 0.29) is 6.17 Å². The van der Waals surface area contributed by atoms with Crippen molar-refractivity contribution in [3.05, 3.63) is 205 Å². The summed E-state index contributed by atoms with van der Waals surface area (Å²) in [6.45, 7) is 0. The Morgan fingerprint density at radius 3 is 1.97 bits per heavy atom. The third-order valence-corrected chi connectivity index (χ3v) is 12.6. The van der Waals surface area contributed by atoms with Crippen molar-refractivity contribution >= 4 is 86.7 Å². The maximum absolute atomic E-state index is 5.34. The first kappa shape index (κ1) is 32.8. The predicted octanol–water partition coefficient (Wildman–Crippen LogP) is 13.0. The van der Waals surface area contributed by atoms with Crippen LogP contribution in [0.2, 0.25) is 0 Å². The van der Waals surface area contributed by atoms with Gasteiger partial charge in [0.25, 0.3) is 0 Å². The molecule has 0 bridgehead atoms. The summed E-state index contributed by atoms with van der Waals surface area (Å²) < 4.78 is 4.79. The van der Waals surface area contributed by atoms with E-state index in [2.05, 4.69) is 192 Å². The summed E-state index contributed by atoms with van der Waals surface area (Å²) >= 11 is 1.83. The van der Waals surface area contributed by atoms with Crippen molar-refractivity contribution in [2.24, 2.45) is 9.98 Å². The fourth-order valence-electron chi connectivity index (χ4n) is 8.65. The van der Waals surface area contributed by atoms with Gasteiger partial charge in [0.15, 0.2) is 5.84 Å². The third kappa shape index (κ3) is 5.26.